The number of urea groups is 1. The van der Waals surface area contributed by atoms with Gasteiger partial charge in [-0.2, -0.15) is 0 Å². The molecule has 0 radical (unpaired) electrons. The number of hydrogen-bond acceptors (Lipinski definition) is 5. The van der Waals surface area contributed by atoms with Gasteiger partial charge in [-0.25, -0.2) is 14.6 Å². The van der Waals surface area contributed by atoms with Gasteiger partial charge in [0.25, 0.3) is 0 Å². The minimum Gasteiger partial charge on any atom is -0.497 e. The van der Waals surface area contributed by atoms with Crippen LogP contribution in [0.25, 0.3) is 10.6 Å². The van der Waals surface area contributed by atoms with Crippen molar-refractivity contribution in [3.05, 3.63) is 58.8 Å². The second-order valence-corrected chi connectivity index (χ2v) is 7.58. The SMILES string of the molecule is COc1ccc(-c2nc(C(=O)O)c(NC(=O)Nc3c(C)cc(C)cc3C)s2)cc1. The van der Waals surface area contributed by atoms with Gasteiger partial charge in [-0.1, -0.05) is 29.0 Å². The second kappa shape index (κ2) is 8.32. The molecule has 2 amide bonds. The van der Waals surface area contributed by atoms with Crippen molar-refractivity contribution >= 4 is 34.0 Å². The summed E-state index contributed by atoms with van der Waals surface area (Å²) in [6.07, 6.45) is 0. The molecule has 0 aliphatic heterocycles. The van der Waals surface area contributed by atoms with Gasteiger partial charge in [0.15, 0.2) is 5.69 Å². The number of hydrogen-bond donors (Lipinski definition) is 3. The first-order valence-electron chi connectivity index (χ1n) is 8.83. The van der Waals surface area contributed by atoms with Crippen LogP contribution in [0.1, 0.15) is 27.2 Å². The molecule has 0 aliphatic carbocycles. The molecule has 0 saturated heterocycles. The fourth-order valence-corrected chi connectivity index (χ4v) is 3.99. The molecule has 0 fully saturated rings. The molecule has 0 aliphatic rings. The number of carboxylic acid groups (broad SMARTS) is 1. The Kier molecular flexibility index (Phi) is 5.84. The van der Waals surface area contributed by atoms with E-state index in [1.54, 1.807) is 31.4 Å². The number of carbonyl (C=O) groups excluding carboxylic acids is 1. The maximum Gasteiger partial charge on any atom is 0.357 e. The summed E-state index contributed by atoms with van der Waals surface area (Å²) in [6, 6.07) is 10.5. The van der Waals surface area contributed by atoms with E-state index in [1.165, 1.54) is 0 Å². The molecule has 2 aromatic carbocycles. The van der Waals surface area contributed by atoms with Gasteiger partial charge in [0.2, 0.25) is 0 Å². The van der Waals surface area contributed by atoms with Crippen molar-refractivity contribution in [3.8, 4) is 16.3 Å². The van der Waals surface area contributed by atoms with Crippen LogP contribution in [0.5, 0.6) is 5.75 Å². The highest BCUT2D eigenvalue weighted by Crippen LogP contribution is 2.33. The third-order valence-electron chi connectivity index (χ3n) is 4.31. The zero-order valence-corrected chi connectivity index (χ0v) is 17.3. The molecule has 150 valence electrons. The van der Waals surface area contributed by atoms with Gasteiger partial charge in [-0.3, -0.25) is 5.32 Å². The van der Waals surface area contributed by atoms with Crippen molar-refractivity contribution < 1.29 is 19.4 Å². The lowest BCUT2D eigenvalue weighted by Gasteiger charge is -2.13. The standard InChI is InChI=1S/C21H21N3O4S/c1-11-9-12(2)16(13(3)10-11)23-21(27)24-19-17(20(25)26)22-18(29-19)14-5-7-15(28-4)8-6-14/h5-10H,1-4H3,(H,25,26)(H2,23,24,27). The molecule has 29 heavy (non-hydrogen) atoms. The first-order chi connectivity index (χ1) is 13.8. The van der Waals surface area contributed by atoms with Gasteiger partial charge in [-0.05, 0) is 56.2 Å². The van der Waals surface area contributed by atoms with E-state index in [-0.39, 0.29) is 10.7 Å². The number of nitrogens with one attached hydrogen (secondary N) is 2. The first-order valence-corrected chi connectivity index (χ1v) is 9.64. The van der Waals surface area contributed by atoms with E-state index in [2.05, 4.69) is 15.6 Å². The Morgan fingerprint density at radius 3 is 2.21 bits per heavy atom. The van der Waals surface area contributed by atoms with Crippen LogP contribution in [0.3, 0.4) is 0 Å². The molecule has 3 rings (SSSR count). The monoisotopic (exact) mass is 411 g/mol. The number of aryl methyl sites for hydroxylation is 3. The summed E-state index contributed by atoms with van der Waals surface area (Å²) in [6.45, 7) is 5.81. The minimum atomic E-state index is -1.21. The van der Waals surface area contributed by atoms with Crippen molar-refractivity contribution in [2.45, 2.75) is 20.8 Å². The fourth-order valence-electron chi connectivity index (χ4n) is 3.03. The van der Waals surface area contributed by atoms with Gasteiger partial charge in [0.05, 0.1) is 7.11 Å². The van der Waals surface area contributed by atoms with E-state index in [0.29, 0.717) is 16.4 Å². The Bertz CT molecular complexity index is 1050. The lowest BCUT2D eigenvalue weighted by molar-refractivity contribution is 0.0692. The predicted molar refractivity (Wildman–Crippen MR) is 114 cm³/mol. The molecular formula is C21H21N3O4S. The van der Waals surface area contributed by atoms with E-state index in [0.717, 1.165) is 33.6 Å². The molecule has 0 bridgehead atoms. The molecule has 0 spiro atoms. The molecule has 7 nitrogen and oxygen atoms in total. The number of anilines is 2. The van der Waals surface area contributed by atoms with Gasteiger partial charge in [0.1, 0.15) is 15.8 Å². The summed E-state index contributed by atoms with van der Waals surface area (Å²) in [7, 11) is 1.57. The number of carbonyl (C=O) groups is 2. The maximum absolute atomic E-state index is 12.5. The summed E-state index contributed by atoms with van der Waals surface area (Å²) < 4.78 is 5.13. The molecule has 0 atom stereocenters. The maximum atomic E-state index is 12.5. The number of aromatic nitrogens is 1. The van der Waals surface area contributed by atoms with Gasteiger partial charge in [0, 0.05) is 11.3 Å². The Labute approximate surface area is 172 Å². The molecule has 1 heterocycles. The average Bonchev–Trinajstić information content (AvgIpc) is 3.08. The minimum absolute atomic E-state index is 0.170. The third-order valence-corrected chi connectivity index (χ3v) is 5.33. The number of benzene rings is 2. The van der Waals surface area contributed by atoms with E-state index in [4.69, 9.17) is 4.74 Å². The molecule has 1 aromatic heterocycles. The topological polar surface area (TPSA) is 101 Å². The Morgan fingerprint density at radius 1 is 1.03 bits per heavy atom. The number of aromatic carboxylic acids is 1. The molecular weight excluding hydrogens is 390 g/mol. The van der Waals surface area contributed by atoms with Gasteiger partial charge < -0.3 is 15.2 Å². The van der Waals surface area contributed by atoms with E-state index in [9.17, 15) is 14.7 Å². The molecule has 3 aromatic rings. The Morgan fingerprint density at radius 2 is 1.66 bits per heavy atom. The van der Waals surface area contributed by atoms with Crippen LogP contribution in [-0.4, -0.2) is 29.2 Å². The van der Waals surface area contributed by atoms with Gasteiger partial charge in [-0.15, -0.1) is 0 Å². The zero-order chi connectivity index (χ0) is 21.1. The van der Waals surface area contributed by atoms with Crippen molar-refractivity contribution in [2.75, 3.05) is 17.7 Å². The number of nitrogens with zero attached hydrogens (tertiary/aromatic N) is 1. The van der Waals surface area contributed by atoms with Crippen LogP contribution in [0.4, 0.5) is 15.5 Å². The highest BCUT2D eigenvalue weighted by atomic mass is 32.1. The Balaban J connectivity index is 1.85. The average molecular weight is 411 g/mol. The molecule has 8 heteroatoms. The number of rotatable bonds is 5. The number of thiazole rings is 1. The zero-order valence-electron chi connectivity index (χ0n) is 16.5. The number of methoxy groups -OCH3 is 1. The number of carboxylic acids is 1. The van der Waals surface area contributed by atoms with Crippen molar-refractivity contribution in [3.63, 3.8) is 0 Å². The Hall–Kier alpha value is -3.39. The van der Waals surface area contributed by atoms with Crippen molar-refractivity contribution in [1.82, 2.24) is 4.98 Å². The molecule has 3 N–H and O–H groups in total. The van der Waals surface area contributed by atoms with Crippen LogP contribution in [0.15, 0.2) is 36.4 Å². The summed E-state index contributed by atoms with van der Waals surface area (Å²) in [4.78, 5) is 28.3. The van der Waals surface area contributed by atoms with E-state index >= 15 is 0 Å². The van der Waals surface area contributed by atoms with E-state index < -0.39 is 12.0 Å². The number of ether oxygens (including phenoxy) is 1. The summed E-state index contributed by atoms with van der Waals surface area (Å²) in [5.74, 6) is -0.524. The van der Waals surface area contributed by atoms with E-state index in [1.807, 2.05) is 32.9 Å². The molecule has 0 saturated carbocycles. The van der Waals surface area contributed by atoms with Crippen LogP contribution in [-0.2, 0) is 0 Å². The number of amides is 2. The first kappa shape index (κ1) is 20.3. The van der Waals surface area contributed by atoms with Crippen LogP contribution in [0.2, 0.25) is 0 Å². The van der Waals surface area contributed by atoms with Crippen molar-refractivity contribution in [2.24, 2.45) is 0 Å². The summed E-state index contributed by atoms with van der Waals surface area (Å²) in [5.41, 5.74) is 4.19. The van der Waals surface area contributed by atoms with Gasteiger partial charge >= 0.3 is 12.0 Å². The lowest BCUT2D eigenvalue weighted by atomic mass is 10.1. The highest BCUT2D eigenvalue weighted by Gasteiger charge is 2.20. The summed E-state index contributed by atoms with van der Waals surface area (Å²) >= 11 is 1.10. The predicted octanol–water partition coefficient (Wildman–Crippen LogP) is 5.09. The smallest absolute Gasteiger partial charge is 0.357 e. The second-order valence-electron chi connectivity index (χ2n) is 6.58. The van der Waals surface area contributed by atoms with Crippen LogP contribution >= 0.6 is 11.3 Å². The van der Waals surface area contributed by atoms with Crippen LogP contribution in [0, 0.1) is 20.8 Å². The highest BCUT2D eigenvalue weighted by molar-refractivity contribution is 7.19. The largest absolute Gasteiger partial charge is 0.497 e. The fraction of sp³-hybridized carbons (Fsp3) is 0.190. The third kappa shape index (κ3) is 4.55. The van der Waals surface area contributed by atoms with Crippen LogP contribution < -0.4 is 15.4 Å². The lowest BCUT2D eigenvalue weighted by Crippen LogP contribution is -2.21. The summed E-state index contributed by atoms with van der Waals surface area (Å²) in [5, 5.41) is 15.6. The quantitative estimate of drug-likeness (QED) is 0.543. The molecule has 0 unspecified atom stereocenters. The normalized spacial score (nSPS) is 10.5. The van der Waals surface area contributed by atoms with Crippen molar-refractivity contribution in [1.29, 1.82) is 0 Å².